The molecular formula is C9H13NO2S. The van der Waals surface area contributed by atoms with E-state index in [1.54, 1.807) is 11.8 Å². The summed E-state index contributed by atoms with van der Waals surface area (Å²) in [4.78, 5) is 23.7. The van der Waals surface area contributed by atoms with Crippen LogP contribution in [0.4, 0.5) is 0 Å². The third-order valence-electron chi connectivity index (χ3n) is 2.02. The Labute approximate surface area is 82.2 Å². The van der Waals surface area contributed by atoms with Crippen LogP contribution in [-0.4, -0.2) is 34.8 Å². The topological polar surface area (TPSA) is 37.4 Å². The maximum atomic E-state index is 11.2. The van der Waals surface area contributed by atoms with Crippen LogP contribution in [0.25, 0.3) is 0 Å². The lowest BCUT2D eigenvalue weighted by Crippen LogP contribution is -2.38. The molecule has 0 saturated heterocycles. The van der Waals surface area contributed by atoms with Gasteiger partial charge in [-0.15, -0.1) is 0 Å². The van der Waals surface area contributed by atoms with Crippen molar-refractivity contribution in [3.8, 4) is 0 Å². The Balaban J connectivity index is 2.51. The van der Waals surface area contributed by atoms with Crippen molar-refractivity contribution in [2.75, 3.05) is 12.0 Å². The van der Waals surface area contributed by atoms with Crippen molar-refractivity contribution >= 4 is 23.6 Å². The molecule has 1 aliphatic rings. The van der Waals surface area contributed by atoms with Crippen LogP contribution < -0.4 is 0 Å². The number of thioether (sulfide) groups is 1. The molecule has 0 bridgehead atoms. The number of amides is 2. The molecular weight excluding hydrogens is 186 g/mol. The Morgan fingerprint density at radius 1 is 1.38 bits per heavy atom. The molecule has 3 nitrogen and oxygen atoms in total. The highest BCUT2D eigenvalue weighted by Gasteiger charge is 2.27. The minimum absolute atomic E-state index is 0.0162. The standard InChI is InChI=1S/C9H13NO2S/c1-7(5-6-13-2)10-8(11)3-4-9(10)12/h3-4,7H,5-6H2,1-2H3. The number of hydrogen-bond donors (Lipinski definition) is 0. The van der Waals surface area contributed by atoms with Crippen LogP contribution in [0.5, 0.6) is 0 Å². The van der Waals surface area contributed by atoms with Crippen LogP contribution in [0.3, 0.4) is 0 Å². The fraction of sp³-hybridized carbons (Fsp3) is 0.556. The first kappa shape index (κ1) is 10.3. The van der Waals surface area contributed by atoms with E-state index >= 15 is 0 Å². The van der Waals surface area contributed by atoms with Gasteiger partial charge in [-0.3, -0.25) is 14.5 Å². The summed E-state index contributed by atoms with van der Waals surface area (Å²) in [5.74, 6) is 0.607. The minimum Gasteiger partial charge on any atom is -0.273 e. The van der Waals surface area contributed by atoms with E-state index in [-0.39, 0.29) is 17.9 Å². The Morgan fingerprint density at radius 3 is 2.38 bits per heavy atom. The van der Waals surface area contributed by atoms with Gasteiger partial charge < -0.3 is 0 Å². The van der Waals surface area contributed by atoms with Gasteiger partial charge in [0, 0.05) is 18.2 Å². The number of carbonyl (C=O) groups is 2. The largest absolute Gasteiger partial charge is 0.273 e. The van der Waals surface area contributed by atoms with E-state index < -0.39 is 0 Å². The zero-order valence-corrected chi connectivity index (χ0v) is 8.63. The molecule has 0 N–H and O–H groups in total. The SMILES string of the molecule is CSCCC(C)N1C(=O)C=CC1=O. The summed E-state index contributed by atoms with van der Waals surface area (Å²) < 4.78 is 0. The Bertz CT molecular complexity index is 232. The fourth-order valence-electron chi connectivity index (χ4n) is 1.26. The van der Waals surface area contributed by atoms with E-state index in [0.717, 1.165) is 12.2 Å². The third-order valence-corrected chi connectivity index (χ3v) is 2.67. The van der Waals surface area contributed by atoms with Crippen LogP contribution in [-0.2, 0) is 9.59 Å². The predicted molar refractivity (Wildman–Crippen MR) is 53.5 cm³/mol. The Kier molecular flexibility index (Phi) is 3.54. The van der Waals surface area contributed by atoms with Crippen molar-refractivity contribution in [1.82, 2.24) is 4.90 Å². The smallest absolute Gasteiger partial charge is 0.253 e. The van der Waals surface area contributed by atoms with Gasteiger partial charge in [0.25, 0.3) is 11.8 Å². The lowest BCUT2D eigenvalue weighted by atomic mass is 10.2. The zero-order valence-electron chi connectivity index (χ0n) is 7.82. The molecule has 72 valence electrons. The second kappa shape index (κ2) is 4.46. The molecule has 4 heteroatoms. The molecule has 0 fully saturated rings. The first-order chi connectivity index (χ1) is 6.16. The normalized spacial score (nSPS) is 18.5. The molecule has 0 aromatic carbocycles. The molecule has 2 amide bonds. The number of nitrogens with zero attached hydrogens (tertiary/aromatic N) is 1. The summed E-state index contributed by atoms with van der Waals surface area (Å²) in [6.45, 7) is 1.90. The lowest BCUT2D eigenvalue weighted by molar-refractivity contribution is -0.139. The van der Waals surface area contributed by atoms with Gasteiger partial charge in [0.05, 0.1) is 0 Å². The molecule has 0 radical (unpaired) electrons. The zero-order chi connectivity index (χ0) is 9.84. The highest BCUT2D eigenvalue weighted by molar-refractivity contribution is 7.98. The summed E-state index contributed by atoms with van der Waals surface area (Å²) in [5, 5.41) is 0. The average Bonchev–Trinajstić information content (AvgIpc) is 2.42. The van der Waals surface area contributed by atoms with Crippen LogP contribution in [0.2, 0.25) is 0 Å². The highest BCUT2D eigenvalue weighted by atomic mass is 32.2. The van der Waals surface area contributed by atoms with Gasteiger partial charge in [0.15, 0.2) is 0 Å². The van der Waals surface area contributed by atoms with Gasteiger partial charge >= 0.3 is 0 Å². The van der Waals surface area contributed by atoms with E-state index in [0.29, 0.717) is 0 Å². The fourth-order valence-corrected chi connectivity index (χ4v) is 1.84. The van der Waals surface area contributed by atoms with Crippen molar-refractivity contribution in [3.63, 3.8) is 0 Å². The van der Waals surface area contributed by atoms with Crippen molar-refractivity contribution in [2.24, 2.45) is 0 Å². The van der Waals surface area contributed by atoms with Gasteiger partial charge in [-0.25, -0.2) is 0 Å². The molecule has 0 aliphatic carbocycles. The molecule has 0 saturated carbocycles. The molecule has 0 aromatic rings. The molecule has 1 rings (SSSR count). The number of imide groups is 1. The first-order valence-corrected chi connectivity index (χ1v) is 5.60. The van der Waals surface area contributed by atoms with Crippen LogP contribution >= 0.6 is 11.8 Å². The Hall–Kier alpha value is -0.770. The number of carbonyl (C=O) groups excluding carboxylic acids is 2. The van der Waals surface area contributed by atoms with Gasteiger partial charge in [-0.05, 0) is 25.4 Å². The van der Waals surface area contributed by atoms with Gasteiger partial charge in [-0.2, -0.15) is 11.8 Å². The summed E-state index contributed by atoms with van der Waals surface area (Å²) >= 11 is 1.72. The van der Waals surface area contributed by atoms with Crippen molar-refractivity contribution in [1.29, 1.82) is 0 Å². The second-order valence-electron chi connectivity index (χ2n) is 3.01. The number of rotatable bonds is 4. The quantitative estimate of drug-likeness (QED) is 0.635. The first-order valence-electron chi connectivity index (χ1n) is 4.21. The van der Waals surface area contributed by atoms with Crippen molar-refractivity contribution in [3.05, 3.63) is 12.2 Å². The molecule has 13 heavy (non-hydrogen) atoms. The molecule has 0 spiro atoms. The minimum atomic E-state index is -0.182. The molecule has 0 aromatic heterocycles. The van der Waals surface area contributed by atoms with E-state index in [2.05, 4.69) is 0 Å². The molecule has 1 atom stereocenters. The van der Waals surface area contributed by atoms with Crippen LogP contribution in [0.1, 0.15) is 13.3 Å². The summed E-state index contributed by atoms with van der Waals surface area (Å²) in [6, 6.07) is 0.0162. The average molecular weight is 199 g/mol. The van der Waals surface area contributed by atoms with E-state index in [1.165, 1.54) is 17.1 Å². The van der Waals surface area contributed by atoms with Gasteiger partial charge in [-0.1, -0.05) is 0 Å². The summed E-state index contributed by atoms with van der Waals surface area (Å²) in [6.07, 6.45) is 5.54. The van der Waals surface area contributed by atoms with Gasteiger partial charge in [0.1, 0.15) is 0 Å². The predicted octanol–water partition coefficient (Wildman–Crippen LogP) is 1.05. The van der Waals surface area contributed by atoms with Crippen LogP contribution in [0, 0.1) is 0 Å². The van der Waals surface area contributed by atoms with E-state index in [9.17, 15) is 9.59 Å². The third kappa shape index (κ3) is 2.34. The highest BCUT2D eigenvalue weighted by Crippen LogP contribution is 2.13. The summed E-state index contributed by atoms with van der Waals surface area (Å²) in [5.41, 5.74) is 0. The maximum Gasteiger partial charge on any atom is 0.253 e. The van der Waals surface area contributed by atoms with Gasteiger partial charge in [0.2, 0.25) is 0 Å². The maximum absolute atomic E-state index is 11.2. The Morgan fingerprint density at radius 2 is 1.92 bits per heavy atom. The summed E-state index contributed by atoms with van der Waals surface area (Å²) in [7, 11) is 0. The van der Waals surface area contributed by atoms with E-state index in [1.807, 2.05) is 13.2 Å². The molecule has 1 heterocycles. The van der Waals surface area contributed by atoms with Crippen LogP contribution in [0.15, 0.2) is 12.2 Å². The molecule has 1 aliphatic heterocycles. The van der Waals surface area contributed by atoms with Crippen molar-refractivity contribution < 1.29 is 9.59 Å². The van der Waals surface area contributed by atoms with E-state index in [4.69, 9.17) is 0 Å². The monoisotopic (exact) mass is 199 g/mol. The molecule has 1 unspecified atom stereocenters. The second-order valence-corrected chi connectivity index (χ2v) is 4.00. The lowest BCUT2D eigenvalue weighted by Gasteiger charge is -2.21. The van der Waals surface area contributed by atoms with Crippen molar-refractivity contribution in [2.45, 2.75) is 19.4 Å². The number of hydrogen-bond acceptors (Lipinski definition) is 3.